The third-order valence-corrected chi connectivity index (χ3v) is 5.13. The van der Waals surface area contributed by atoms with E-state index in [4.69, 9.17) is 0 Å². The van der Waals surface area contributed by atoms with Gasteiger partial charge in [0.05, 0.1) is 22.5 Å². The summed E-state index contributed by atoms with van der Waals surface area (Å²) < 4.78 is 0. The largest absolute Gasteiger partial charge is 0.351 e. The molecule has 0 aliphatic carbocycles. The Morgan fingerprint density at radius 3 is 2.17 bits per heavy atom. The van der Waals surface area contributed by atoms with Gasteiger partial charge in [-0.15, -0.1) is 0 Å². The van der Waals surface area contributed by atoms with Crippen molar-refractivity contribution >= 4 is 17.1 Å². The van der Waals surface area contributed by atoms with Crippen LogP contribution in [0.2, 0.25) is 0 Å². The first-order valence-corrected chi connectivity index (χ1v) is 7.97. The standard InChI is InChI=1S/C20H20N4/c1-12-8-17(9-13(2)14(12)3)24-15(4)23(5)20-18(11-22)16(10-21)6-7-19(20)24/h6-9,15H,1-5H3/t15-/m0/s1. The predicted octanol–water partition coefficient (Wildman–Crippen LogP) is 4.29. The van der Waals surface area contributed by atoms with Crippen molar-refractivity contribution in [3.63, 3.8) is 0 Å². The number of fused-ring (bicyclic) bond motifs is 1. The second-order valence-electron chi connectivity index (χ2n) is 6.40. The Kier molecular flexibility index (Phi) is 3.70. The van der Waals surface area contributed by atoms with Crippen molar-refractivity contribution in [3.8, 4) is 12.1 Å². The van der Waals surface area contributed by atoms with Crippen molar-refractivity contribution < 1.29 is 0 Å². The first-order chi connectivity index (χ1) is 11.4. The molecule has 0 spiro atoms. The zero-order valence-corrected chi connectivity index (χ0v) is 14.7. The monoisotopic (exact) mass is 316 g/mol. The summed E-state index contributed by atoms with van der Waals surface area (Å²) in [5.74, 6) is 0. The average molecular weight is 316 g/mol. The molecule has 0 saturated carbocycles. The van der Waals surface area contributed by atoms with Crippen molar-refractivity contribution in [2.45, 2.75) is 33.9 Å². The molecule has 1 aliphatic heterocycles. The number of anilines is 3. The fraction of sp³-hybridized carbons (Fsp3) is 0.300. The fourth-order valence-electron chi connectivity index (χ4n) is 3.41. The maximum Gasteiger partial charge on any atom is 0.103 e. The van der Waals surface area contributed by atoms with Crippen LogP contribution < -0.4 is 9.80 Å². The Bertz CT molecular complexity index is 891. The molecule has 0 saturated heterocycles. The molecule has 2 aromatic rings. The molecule has 120 valence electrons. The lowest BCUT2D eigenvalue weighted by atomic mass is 10.0. The van der Waals surface area contributed by atoms with Crippen LogP contribution in [0, 0.1) is 43.4 Å². The van der Waals surface area contributed by atoms with Crippen molar-refractivity contribution in [2.24, 2.45) is 0 Å². The molecule has 0 radical (unpaired) electrons. The van der Waals surface area contributed by atoms with E-state index in [1.165, 1.54) is 16.7 Å². The second-order valence-corrected chi connectivity index (χ2v) is 6.40. The molecule has 0 unspecified atom stereocenters. The molecule has 0 aromatic heterocycles. The van der Waals surface area contributed by atoms with E-state index in [1.54, 1.807) is 6.07 Å². The van der Waals surface area contributed by atoms with Crippen LogP contribution in [0.15, 0.2) is 24.3 Å². The highest BCUT2D eigenvalue weighted by Crippen LogP contribution is 2.46. The average Bonchev–Trinajstić information content (AvgIpc) is 2.82. The molecule has 0 fully saturated rings. The van der Waals surface area contributed by atoms with Crippen molar-refractivity contribution in [2.75, 3.05) is 16.8 Å². The maximum absolute atomic E-state index is 9.55. The summed E-state index contributed by atoms with van der Waals surface area (Å²) in [6.45, 7) is 8.49. The molecular formula is C20H20N4. The number of hydrogen-bond acceptors (Lipinski definition) is 4. The van der Waals surface area contributed by atoms with E-state index in [-0.39, 0.29) is 6.17 Å². The van der Waals surface area contributed by atoms with Crippen LogP contribution in [0.1, 0.15) is 34.7 Å². The number of rotatable bonds is 1. The topological polar surface area (TPSA) is 54.1 Å². The van der Waals surface area contributed by atoms with E-state index in [1.807, 2.05) is 13.1 Å². The molecule has 2 aromatic carbocycles. The molecule has 4 nitrogen and oxygen atoms in total. The zero-order valence-electron chi connectivity index (χ0n) is 14.7. The molecular weight excluding hydrogens is 296 g/mol. The van der Waals surface area contributed by atoms with Gasteiger partial charge in [-0.05, 0) is 68.7 Å². The summed E-state index contributed by atoms with van der Waals surface area (Å²) in [6, 6.07) is 12.4. The van der Waals surface area contributed by atoms with Crippen molar-refractivity contribution in [3.05, 3.63) is 52.1 Å². The van der Waals surface area contributed by atoms with Gasteiger partial charge in [0.25, 0.3) is 0 Å². The van der Waals surface area contributed by atoms with E-state index < -0.39 is 0 Å². The summed E-state index contributed by atoms with van der Waals surface area (Å²) in [6.07, 6.45) is 0.0718. The highest BCUT2D eigenvalue weighted by Gasteiger charge is 2.34. The predicted molar refractivity (Wildman–Crippen MR) is 96.5 cm³/mol. The van der Waals surface area contributed by atoms with Gasteiger partial charge in [0, 0.05) is 12.7 Å². The van der Waals surface area contributed by atoms with Gasteiger partial charge >= 0.3 is 0 Å². The molecule has 0 amide bonds. The smallest absolute Gasteiger partial charge is 0.103 e. The van der Waals surface area contributed by atoms with E-state index in [2.05, 4.69) is 61.8 Å². The third-order valence-electron chi connectivity index (χ3n) is 5.13. The Hall–Kier alpha value is -2.98. The van der Waals surface area contributed by atoms with Crippen LogP contribution in [-0.4, -0.2) is 13.2 Å². The summed E-state index contributed by atoms with van der Waals surface area (Å²) in [5.41, 5.74) is 7.60. The SMILES string of the molecule is Cc1cc(N2c3ccc(C#N)c(C#N)c3N(C)[C@@H]2C)cc(C)c1C. The molecule has 0 N–H and O–H groups in total. The van der Waals surface area contributed by atoms with Crippen LogP contribution in [0.25, 0.3) is 0 Å². The number of benzene rings is 2. The van der Waals surface area contributed by atoms with Crippen LogP contribution in [0.3, 0.4) is 0 Å². The maximum atomic E-state index is 9.55. The Morgan fingerprint density at radius 2 is 1.62 bits per heavy atom. The van der Waals surface area contributed by atoms with Crippen LogP contribution >= 0.6 is 0 Å². The second kappa shape index (κ2) is 5.58. The molecule has 1 aliphatic rings. The lowest BCUT2D eigenvalue weighted by molar-refractivity contribution is 0.733. The third kappa shape index (κ3) is 2.12. The minimum absolute atomic E-state index is 0.0718. The van der Waals surface area contributed by atoms with Crippen molar-refractivity contribution in [1.29, 1.82) is 10.5 Å². The number of hydrogen-bond donors (Lipinski definition) is 0. The van der Waals surface area contributed by atoms with Gasteiger partial charge in [-0.1, -0.05) is 0 Å². The molecule has 24 heavy (non-hydrogen) atoms. The van der Waals surface area contributed by atoms with Gasteiger partial charge in [-0.25, -0.2) is 0 Å². The molecule has 4 heteroatoms. The molecule has 1 heterocycles. The summed E-state index contributed by atoms with van der Waals surface area (Å²) >= 11 is 0. The van der Waals surface area contributed by atoms with Crippen molar-refractivity contribution in [1.82, 2.24) is 0 Å². The summed E-state index contributed by atoms with van der Waals surface area (Å²) in [4.78, 5) is 4.30. The summed E-state index contributed by atoms with van der Waals surface area (Å²) in [5, 5.41) is 18.8. The Morgan fingerprint density at radius 1 is 1.00 bits per heavy atom. The lowest BCUT2D eigenvalue weighted by Gasteiger charge is -2.28. The minimum atomic E-state index is 0.0718. The molecule has 0 bridgehead atoms. The highest BCUT2D eigenvalue weighted by molar-refractivity contribution is 5.89. The van der Waals surface area contributed by atoms with E-state index in [0.717, 1.165) is 17.1 Å². The number of nitriles is 2. The Labute approximate surface area is 143 Å². The fourth-order valence-corrected chi connectivity index (χ4v) is 3.41. The van der Waals surface area contributed by atoms with Gasteiger partial charge in [0.1, 0.15) is 18.3 Å². The first kappa shape index (κ1) is 15.9. The van der Waals surface area contributed by atoms with E-state index in [9.17, 15) is 10.5 Å². The zero-order chi connectivity index (χ0) is 17.6. The van der Waals surface area contributed by atoms with Crippen LogP contribution in [0.4, 0.5) is 17.1 Å². The first-order valence-electron chi connectivity index (χ1n) is 7.97. The lowest BCUT2D eigenvalue weighted by Crippen LogP contribution is -2.35. The van der Waals surface area contributed by atoms with Gasteiger partial charge < -0.3 is 9.80 Å². The summed E-state index contributed by atoms with van der Waals surface area (Å²) in [7, 11) is 1.97. The van der Waals surface area contributed by atoms with Crippen LogP contribution in [0.5, 0.6) is 0 Å². The minimum Gasteiger partial charge on any atom is -0.351 e. The van der Waals surface area contributed by atoms with Gasteiger partial charge in [0.15, 0.2) is 0 Å². The quantitative estimate of drug-likeness (QED) is 0.787. The van der Waals surface area contributed by atoms with Gasteiger partial charge in [-0.2, -0.15) is 10.5 Å². The highest BCUT2D eigenvalue weighted by atomic mass is 15.4. The molecule has 3 rings (SSSR count). The van der Waals surface area contributed by atoms with Gasteiger partial charge in [-0.3, -0.25) is 0 Å². The number of nitrogens with zero attached hydrogens (tertiary/aromatic N) is 4. The normalized spacial score (nSPS) is 15.9. The van der Waals surface area contributed by atoms with E-state index >= 15 is 0 Å². The number of aryl methyl sites for hydroxylation is 2. The van der Waals surface area contributed by atoms with Crippen LogP contribution in [-0.2, 0) is 0 Å². The van der Waals surface area contributed by atoms with E-state index in [0.29, 0.717) is 11.1 Å². The Balaban J connectivity index is 2.25. The molecule has 1 atom stereocenters. The van der Waals surface area contributed by atoms with Gasteiger partial charge in [0.2, 0.25) is 0 Å².